The fourth-order valence-corrected chi connectivity index (χ4v) is 5.78. The molecular formula is C23H20N4O2S2. The van der Waals surface area contributed by atoms with Crippen molar-refractivity contribution in [1.29, 1.82) is 0 Å². The third-order valence-electron chi connectivity index (χ3n) is 5.10. The van der Waals surface area contributed by atoms with Crippen LogP contribution in [0.3, 0.4) is 0 Å². The lowest BCUT2D eigenvalue weighted by atomic mass is 10.1. The molecule has 5 rings (SSSR count). The summed E-state index contributed by atoms with van der Waals surface area (Å²) in [6.45, 7) is 1.99. The number of pyridine rings is 1. The fraction of sp³-hybridized carbons (Fsp3) is 0.174. The van der Waals surface area contributed by atoms with Crippen molar-refractivity contribution in [3.63, 3.8) is 0 Å². The Labute approximate surface area is 187 Å². The first kappa shape index (κ1) is 19.7. The van der Waals surface area contributed by atoms with Crippen LogP contribution in [-0.4, -0.2) is 39.4 Å². The number of hydrogen-bond donors (Lipinski definition) is 0. The van der Waals surface area contributed by atoms with Crippen molar-refractivity contribution in [2.24, 2.45) is 7.05 Å². The average molecular weight is 449 g/mol. The number of thiophene rings is 2. The molecule has 0 atom stereocenters. The molecular weight excluding hydrogens is 428 g/mol. The quantitative estimate of drug-likeness (QED) is 0.353. The van der Waals surface area contributed by atoms with Gasteiger partial charge in [0.2, 0.25) is 0 Å². The van der Waals surface area contributed by atoms with Crippen molar-refractivity contribution >= 4 is 48.9 Å². The molecule has 0 N–H and O–H groups in total. The van der Waals surface area contributed by atoms with Gasteiger partial charge in [0.05, 0.1) is 20.7 Å². The fourth-order valence-electron chi connectivity index (χ4n) is 3.59. The lowest BCUT2D eigenvalue weighted by Gasteiger charge is -2.10. The van der Waals surface area contributed by atoms with Crippen LogP contribution in [0.1, 0.15) is 15.2 Å². The van der Waals surface area contributed by atoms with Crippen molar-refractivity contribution in [3.05, 3.63) is 59.4 Å². The number of amides is 1. The number of aryl methyl sites for hydroxylation is 2. The highest BCUT2D eigenvalue weighted by Crippen LogP contribution is 2.40. The molecule has 4 aromatic heterocycles. The highest BCUT2D eigenvalue weighted by atomic mass is 32.1. The van der Waals surface area contributed by atoms with Crippen LogP contribution in [0.5, 0.6) is 11.5 Å². The second kappa shape index (κ2) is 7.47. The first-order chi connectivity index (χ1) is 14.9. The summed E-state index contributed by atoms with van der Waals surface area (Å²) in [4.78, 5) is 25.2. The highest BCUT2D eigenvalue weighted by molar-refractivity contribution is 7.22. The van der Waals surface area contributed by atoms with Crippen LogP contribution in [0.2, 0.25) is 0 Å². The molecule has 1 amide bonds. The van der Waals surface area contributed by atoms with E-state index in [1.807, 2.05) is 55.1 Å². The van der Waals surface area contributed by atoms with Crippen LogP contribution in [0.15, 0.2) is 48.9 Å². The van der Waals surface area contributed by atoms with Gasteiger partial charge in [-0.1, -0.05) is 0 Å². The number of rotatable bonds is 4. The molecule has 8 heteroatoms. The van der Waals surface area contributed by atoms with Gasteiger partial charge in [0.25, 0.3) is 5.91 Å². The molecule has 0 aliphatic carbocycles. The first-order valence-electron chi connectivity index (χ1n) is 9.71. The number of aromatic nitrogens is 3. The molecule has 4 heterocycles. The van der Waals surface area contributed by atoms with E-state index in [1.54, 1.807) is 54.1 Å². The Morgan fingerprint density at radius 3 is 2.68 bits per heavy atom. The summed E-state index contributed by atoms with van der Waals surface area (Å²) in [6, 6.07) is 9.81. The molecule has 1 aromatic carbocycles. The highest BCUT2D eigenvalue weighted by Gasteiger charge is 2.19. The second-order valence-electron chi connectivity index (χ2n) is 7.49. The Morgan fingerprint density at radius 1 is 1.10 bits per heavy atom. The van der Waals surface area contributed by atoms with E-state index in [2.05, 4.69) is 9.97 Å². The summed E-state index contributed by atoms with van der Waals surface area (Å²) in [5.74, 6) is 2.42. The van der Waals surface area contributed by atoms with Crippen molar-refractivity contribution in [2.45, 2.75) is 6.92 Å². The number of fused-ring (bicyclic) bond motifs is 2. The number of carbonyl (C=O) groups is 1. The summed E-state index contributed by atoms with van der Waals surface area (Å²) < 4.78 is 10.3. The molecule has 0 fully saturated rings. The molecule has 0 radical (unpaired) electrons. The standard InChI is InChI=1S/C23H20N4O2S2/c1-13-20(23(28)26(2)3)15-6-5-14(11-18(15)30-13)29-17-7-8-24-16-12-19(31-21(16)17)22-25-9-10-27(22)4/h5-12H,1-4H3. The lowest BCUT2D eigenvalue weighted by molar-refractivity contribution is 0.0829. The topological polar surface area (TPSA) is 60.3 Å². The van der Waals surface area contributed by atoms with E-state index in [0.29, 0.717) is 0 Å². The van der Waals surface area contributed by atoms with Gasteiger partial charge in [-0.2, -0.15) is 0 Å². The molecule has 0 aliphatic heterocycles. The van der Waals surface area contributed by atoms with Gasteiger partial charge in [-0.25, -0.2) is 4.98 Å². The number of nitrogens with zero attached hydrogens (tertiary/aromatic N) is 4. The van der Waals surface area contributed by atoms with Crippen LogP contribution in [0, 0.1) is 6.92 Å². The smallest absolute Gasteiger partial charge is 0.255 e. The van der Waals surface area contributed by atoms with Crippen molar-refractivity contribution in [2.75, 3.05) is 14.1 Å². The monoisotopic (exact) mass is 448 g/mol. The Balaban J connectivity index is 1.53. The van der Waals surface area contributed by atoms with Crippen molar-refractivity contribution < 1.29 is 9.53 Å². The number of hydrogen-bond acceptors (Lipinski definition) is 6. The van der Waals surface area contributed by atoms with Gasteiger partial charge < -0.3 is 14.2 Å². The third kappa shape index (κ3) is 3.37. The van der Waals surface area contributed by atoms with Crippen molar-refractivity contribution in [3.8, 4) is 22.2 Å². The molecule has 156 valence electrons. The number of imidazole rings is 1. The van der Waals surface area contributed by atoms with Gasteiger partial charge in [0.1, 0.15) is 17.3 Å². The largest absolute Gasteiger partial charge is 0.456 e. The number of carbonyl (C=O) groups excluding carboxylic acids is 1. The minimum atomic E-state index is 0.0219. The summed E-state index contributed by atoms with van der Waals surface area (Å²) >= 11 is 3.22. The Hall–Kier alpha value is -3.23. The minimum absolute atomic E-state index is 0.0219. The first-order valence-corrected chi connectivity index (χ1v) is 11.3. The number of benzene rings is 1. The predicted molar refractivity (Wildman–Crippen MR) is 126 cm³/mol. The van der Waals surface area contributed by atoms with E-state index in [0.717, 1.165) is 52.9 Å². The molecule has 0 spiro atoms. The summed E-state index contributed by atoms with van der Waals surface area (Å²) in [5, 5.41) is 0.960. The van der Waals surface area contributed by atoms with Crippen LogP contribution >= 0.6 is 22.7 Å². The SMILES string of the molecule is Cc1sc2cc(Oc3ccnc4cc(-c5nccn5C)sc34)ccc2c1C(=O)N(C)C. The number of ether oxygens (including phenoxy) is 1. The van der Waals surface area contributed by atoms with E-state index < -0.39 is 0 Å². The van der Waals surface area contributed by atoms with Crippen LogP contribution in [-0.2, 0) is 7.05 Å². The van der Waals surface area contributed by atoms with Gasteiger partial charge in [0, 0.05) is 60.8 Å². The zero-order valence-electron chi connectivity index (χ0n) is 17.5. The van der Waals surface area contributed by atoms with Crippen LogP contribution < -0.4 is 4.74 Å². The molecule has 6 nitrogen and oxygen atoms in total. The van der Waals surface area contributed by atoms with Gasteiger partial charge in [-0.3, -0.25) is 9.78 Å². The Bertz CT molecular complexity index is 1440. The normalized spacial score (nSPS) is 11.4. The zero-order valence-corrected chi connectivity index (χ0v) is 19.2. The van der Waals surface area contributed by atoms with Gasteiger partial charge in [-0.15, -0.1) is 22.7 Å². The van der Waals surface area contributed by atoms with E-state index >= 15 is 0 Å². The molecule has 31 heavy (non-hydrogen) atoms. The van der Waals surface area contributed by atoms with Crippen LogP contribution in [0.4, 0.5) is 0 Å². The molecule has 0 saturated heterocycles. The van der Waals surface area contributed by atoms with Crippen LogP contribution in [0.25, 0.3) is 31.0 Å². The summed E-state index contributed by atoms with van der Waals surface area (Å²) in [6.07, 6.45) is 5.48. The van der Waals surface area contributed by atoms with E-state index in [4.69, 9.17) is 4.74 Å². The maximum Gasteiger partial charge on any atom is 0.255 e. The van der Waals surface area contributed by atoms with E-state index in [9.17, 15) is 4.79 Å². The maximum absolute atomic E-state index is 12.6. The van der Waals surface area contributed by atoms with E-state index in [-0.39, 0.29) is 5.91 Å². The molecule has 5 aromatic rings. The average Bonchev–Trinajstić information content (AvgIpc) is 3.43. The van der Waals surface area contributed by atoms with Gasteiger partial charge in [-0.05, 0) is 31.2 Å². The maximum atomic E-state index is 12.6. The van der Waals surface area contributed by atoms with Crippen molar-refractivity contribution in [1.82, 2.24) is 19.4 Å². The summed E-state index contributed by atoms with van der Waals surface area (Å²) in [7, 11) is 5.53. The Morgan fingerprint density at radius 2 is 1.94 bits per heavy atom. The molecule has 0 bridgehead atoms. The second-order valence-corrected chi connectivity index (χ2v) is 9.80. The lowest BCUT2D eigenvalue weighted by Crippen LogP contribution is -2.21. The molecule has 0 unspecified atom stereocenters. The minimum Gasteiger partial charge on any atom is -0.456 e. The third-order valence-corrected chi connectivity index (χ3v) is 7.31. The van der Waals surface area contributed by atoms with Gasteiger partial charge >= 0.3 is 0 Å². The van der Waals surface area contributed by atoms with E-state index in [1.165, 1.54) is 0 Å². The van der Waals surface area contributed by atoms with Gasteiger partial charge in [0.15, 0.2) is 0 Å². The predicted octanol–water partition coefficient (Wildman–Crippen LogP) is 5.71. The zero-order chi connectivity index (χ0) is 21.7. The summed E-state index contributed by atoms with van der Waals surface area (Å²) in [5.41, 5.74) is 1.65. The Kier molecular flexibility index (Phi) is 4.75. The molecule has 0 aliphatic rings. The molecule has 0 saturated carbocycles.